The molecule has 6 atom stereocenters. The van der Waals surface area contributed by atoms with Crippen molar-refractivity contribution in [3.8, 4) is 6.07 Å². The molecule has 0 bridgehead atoms. The van der Waals surface area contributed by atoms with Crippen molar-refractivity contribution in [1.29, 1.82) is 5.26 Å². The predicted molar refractivity (Wildman–Crippen MR) is 186 cm³/mol. The Morgan fingerprint density at radius 3 is 2.30 bits per heavy atom. The van der Waals surface area contributed by atoms with E-state index < -0.39 is 76.9 Å². The maximum Gasteiger partial charge on any atom is 0.358 e. The number of carbonyl (C=O) groups is 1. The van der Waals surface area contributed by atoms with Gasteiger partial charge in [-0.15, -0.1) is 0 Å². The van der Waals surface area contributed by atoms with Crippen LogP contribution in [0.2, 0.25) is 0 Å². The third-order valence-corrected chi connectivity index (χ3v) is 10.4. The molecular formula is C32H54N4O12P2. The number of esters is 1. The highest BCUT2D eigenvalue weighted by molar-refractivity contribution is 7.57. The third-order valence-electron chi connectivity index (χ3n) is 6.84. The molecule has 16 nitrogen and oxygen atoms in total. The Morgan fingerprint density at radius 2 is 1.76 bits per heavy atom. The molecule has 50 heavy (non-hydrogen) atoms. The lowest BCUT2D eigenvalue weighted by Crippen LogP contribution is -2.41. The highest BCUT2D eigenvalue weighted by atomic mass is 31.2. The second kappa shape index (κ2) is 19.5. The molecule has 0 aromatic carbocycles. The van der Waals surface area contributed by atoms with Gasteiger partial charge in [-0.1, -0.05) is 20.8 Å². The summed E-state index contributed by atoms with van der Waals surface area (Å²) in [4.78, 5) is 39.3. The number of methoxy groups -OCH3 is 1. The number of carbonyl (C=O) groups excluding carboxylic acids is 1. The van der Waals surface area contributed by atoms with Crippen LogP contribution in [0.15, 0.2) is 33.7 Å². The smallest absolute Gasteiger partial charge is 0.358 e. The number of ether oxygens (including phenoxy) is 4. The van der Waals surface area contributed by atoms with E-state index in [0.717, 1.165) is 10.4 Å². The Hall–Kier alpha value is -2.28. The molecule has 1 N–H and O–H groups in total. The number of nitriles is 1. The highest BCUT2D eigenvalue weighted by Crippen LogP contribution is 2.53. The number of hydrogen-bond donors (Lipinski definition) is 1. The van der Waals surface area contributed by atoms with Crippen molar-refractivity contribution in [3.05, 3.63) is 45.0 Å². The normalized spacial score (nSPS) is 21.9. The minimum atomic E-state index is -4.18. The third kappa shape index (κ3) is 13.7. The Kier molecular flexibility index (Phi) is 17.1. The van der Waals surface area contributed by atoms with Gasteiger partial charge in [0.05, 0.1) is 31.1 Å². The second-order valence-corrected chi connectivity index (χ2v) is 17.6. The van der Waals surface area contributed by atoms with Gasteiger partial charge < -0.3 is 28.0 Å². The van der Waals surface area contributed by atoms with Crippen LogP contribution in [0.3, 0.4) is 0 Å². The molecule has 18 heteroatoms. The largest absolute Gasteiger partial charge is 0.438 e. The first-order valence-corrected chi connectivity index (χ1v) is 19.0. The number of H-pyrrole nitrogens is 1. The summed E-state index contributed by atoms with van der Waals surface area (Å²) in [6, 6.07) is 3.15. The van der Waals surface area contributed by atoms with Crippen molar-refractivity contribution in [2.45, 2.75) is 112 Å². The average molecular weight is 749 g/mol. The standard InChI is InChI=1S/C32H54N4O12P2/c1-22(2)36(23(3)4)49(44-17-12-15-33)48-26-24(47-28(27(26)41-11)35-16-13-25(37)34-30(35)39)14-18-50(40,45-20-42-19-31(5,6)7)46-21-43-29(38)32(8,9)10/h13-14,16,18,22-24,26-28H,12,17,19-21H2,1-11H3,(H,34,37,39)/b18-14+/t24-,26?,27+,28-,49?,50?/m1/s1. The van der Waals surface area contributed by atoms with Crippen LogP contribution in [-0.4, -0.2) is 84.5 Å². The molecule has 0 saturated carbocycles. The van der Waals surface area contributed by atoms with Crippen LogP contribution in [0.5, 0.6) is 0 Å². The van der Waals surface area contributed by atoms with E-state index in [2.05, 4.69) is 11.1 Å². The van der Waals surface area contributed by atoms with Crippen LogP contribution in [0.4, 0.5) is 0 Å². The summed E-state index contributed by atoms with van der Waals surface area (Å²) in [6.45, 7) is 18.1. The van der Waals surface area contributed by atoms with Crippen molar-refractivity contribution in [2.75, 3.05) is 33.9 Å². The van der Waals surface area contributed by atoms with Crippen LogP contribution in [-0.2, 0) is 46.4 Å². The molecule has 2 heterocycles. The topological polar surface area (TPSA) is 190 Å². The number of nitrogens with one attached hydrogen (secondary N) is 1. The number of aromatic nitrogens is 2. The molecule has 0 amide bonds. The Morgan fingerprint density at radius 1 is 1.12 bits per heavy atom. The molecule has 1 aromatic rings. The average Bonchev–Trinajstić information content (AvgIpc) is 3.33. The van der Waals surface area contributed by atoms with E-state index in [4.69, 9.17) is 37.0 Å². The maximum atomic E-state index is 14.0. The van der Waals surface area contributed by atoms with E-state index in [-0.39, 0.29) is 30.5 Å². The van der Waals surface area contributed by atoms with Crippen LogP contribution >= 0.6 is 16.1 Å². The van der Waals surface area contributed by atoms with E-state index in [1.165, 1.54) is 25.4 Å². The first-order valence-electron chi connectivity index (χ1n) is 16.3. The Bertz CT molecular complexity index is 1450. The molecule has 1 aliphatic heterocycles. The van der Waals surface area contributed by atoms with Crippen molar-refractivity contribution in [3.63, 3.8) is 0 Å². The molecule has 0 radical (unpaired) electrons. The Balaban J connectivity index is 2.56. The number of aromatic amines is 1. The van der Waals surface area contributed by atoms with Crippen LogP contribution in [0, 0.1) is 22.2 Å². The monoisotopic (exact) mass is 748 g/mol. The molecule has 3 unspecified atom stereocenters. The van der Waals surface area contributed by atoms with Crippen LogP contribution < -0.4 is 11.2 Å². The van der Waals surface area contributed by atoms with E-state index in [1.54, 1.807) is 20.8 Å². The van der Waals surface area contributed by atoms with Crippen LogP contribution in [0.1, 0.15) is 81.9 Å². The van der Waals surface area contributed by atoms with Gasteiger partial charge in [-0.2, -0.15) is 5.26 Å². The van der Waals surface area contributed by atoms with Gasteiger partial charge in [-0.05, 0) is 60.0 Å². The quantitative estimate of drug-likeness (QED) is 0.0817. The molecule has 1 aromatic heterocycles. The summed E-state index contributed by atoms with van der Waals surface area (Å²) in [5.74, 6) is 0.567. The molecule has 284 valence electrons. The summed E-state index contributed by atoms with van der Waals surface area (Å²) >= 11 is 0. The predicted octanol–water partition coefficient (Wildman–Crippen LogP) is 5.42. The molecule has 0 aliphatic carbocycles. The number of nitrogens with zero attached hydrogens (tertiary/aromatic N) is 3. The zero-order valence-electron chi connectivity index (χ0n) is 30.9. The van der Waals surface area contributed by atoms with Gasteiger partial charge in [0.1, 0.15) is 18.3 Å². The summed E-state index contributed by atoms with van der Waals surface area (Å²) < 4.78 is 63.9. The molecular weight excluding hydrogens is 694 g/mol. The lowest BCUT2D eigenvalue weighted by molar-refractivity contribution is -0.160. The second-order valence-electron chi connectivity index (χ2n) is 14.3. The Labute approximate surface area is 295 Å². The summed E-state index contributed by atoms with van der Waals surface area (Å²) in [5, 5.41) is 9.17. The minimum absolute atomic E-state index is 0.0379. The van der Waals surface area contributed by atoms with Crippen LogP contribution in [0.25, 0.3) is 0 Å². The van der Waals surface area contributed by atoms with E-state index in [1.807, 2.05) is 53.1 Å². The van der Waals surface area contributed by atoms with Gasteiger partial charge in [0.15, 0.2) is 13.0 Å². The fourth-order valence-corrected chi connectivity index (χ4v) is 7.38. The van der Waals surface area contributed by atoms with Crippen molar-refractivity contribution in [1.82, 2.24) is 14.2 Å². The molecule has 1 saturated heterocycles. The van der Waals surface area contributed by atoms with Crippen molar-refractivity contribution >= 4 is 22.1 Å². The fourth-order valence-electron chi connectivity index (χ4n) is 4.58. The minimum Gasteiger partial charge on any atom is -0.438 e. The van der Waals surface area contributed by atoms with Gasteiger partial charge >= 0.3 is 19.3 Å². The molecule has 0 spiro atoms. The fraction of sp³-hybridized carbons (Fsp3) is 0.750. The molecule has 1 aliphatic rings. The molecule has 2 rings (SSSR count). The summed E-state index contributed by atoms with van der Waals surface area (Å²) in [7, 11) is -4.61. The van der Waals surface area contributed by atoms with E-state index in [9.17, 15) is 24.2 Å². The highest BCUT2D eigenvalue weighted by Gasteiger charge is 2.49. The van der Waals surface area contributed by atoms with Gasteiger partial charge in [0, 0.05) is 37.3 Å². The van der Waals surface area contributed by atoms with Gasteiger partial charge in [0.25, 0.3) is 14.1 Å². The van der Waals surface area contributed by atoms with E-state index in [0.29, 0.717) is 6.61 Å². The maximum absolute atomic E-state index is 14.0. The number of rotatable bonds is 19. The lowest BCUT2D eigenvalue weighted by atomic mass is 9.98. The first-order chi connectivity index (χ1) is 23.2. The van der Waals surface area contributed by atoms with Gasteiger partial charge in [0.2, 0.25) is 6.79 Å². The first kappa shape index (κ1) is 43.9. The molecule has 1 fully saturated rings. The lowest BCUT2D eigenvalue weighted by Gasteiger charge is -2.38. The SMILES string of the molecule is CO[C@H]1C(OP(OCCC#N)N(C(C)C)C(C)C)[C@@H](/C=C/P(=O)(OCOCC(C)(C)C)OCOC(=O)C(C)(C)C)O[C@H]1n1ccc(=O)[nH]c1=O. The van der Waals surface area contributed by atoms with Crippen molar-refractivity contribution < 1.29 is 46.4 Å². The zero-order chi connectivity index (χ0) is 37.9. The van der Waals surface area contributed by atoms with Crippen molar-refractivity contribution in [2.24, 2.45) is 10.8 Å². The zero-order valence-corrected chi connectivity index (χ0v) is 32.7. The summed E-state index contributed by atoms with van der Waals surface area (Å²) in [5.41, 5.74) is -2.39. The van der Waals surface area contributed by atoms with E-state index >= 15 is 0 Å². The van der Waals surface area contributed by atoms with Gasteiger partial charge in [-0.3, -0.25) is 32.8 Å². The summed E-state index contributed by atoms with van der Waals surface area (Å²) in [6.07, 6.45) is -1.33. The number of hydrogen-bond acceptors (Lipinski definition) is 14. The van der Waals surface area contributed by atoms with Gasteiger partial charge in [-0.25, -0.2) is 9.46 Å².